The van der Waals surface area contributed by atoms with Crippen molar-refractivity contribution in [2.75, 3.05) is 11.9 Å². The number of rotatable bonds is 6. The van der Waals surface area contributed by atoms with E-state index in [0.29, 0.717) is 34.5 Å². The summed E-state index contributed by atoms with van der Waals surface area (Å²) in [5.74, 6) is -0.737. The summed E-state index contributed by atoms with van der Waals surface area (Å²) >= 11 is 7.24. The molecule has 0 aromatic heterocycles. The summed E-state index contributed by atoms with van der Waals surface area (Å²) in [6, 6.07) is 22.3. The van der Waals surface area contributed by atoms with Crippen LogP contribution in [0.25, 0.3) is 0 Å². The Bertz CT molecular complexity index is 1150. The lowest BCUT2D eigenvalue weighted by molar-refractivity contribution is -0.129. The maximum Gasteiger partial charge on any atom is 0.238 e. The van der Waals surface area contributed by atoms with E-state index in [-0.39, 0.29) is 24.1 Å². The van der Waals surface area contributed by atoms with E-state index in [1.54, 1.807) is 53.4 Å². The van der Waals surface area contributed by atoms with Crippen LogP contribution in [-0.2, 0) is 16.0 Å². The fraction of sp³-hybridized carbons (Fsp3) is 0.160. The number of halogens is 2. The molecule has 2 amide bonds. The third-order valence-electron chi connectivity index (χ3n) is 5.06. The van der Waals surface area contributed by atoms with Gasteiger partial charge in [-0.3, -0.25) is 14.5 Å². The lowest BCUT2D eigenvalue weighted by Gasteiger charge is -2.32. The van der Waals surface area contributed by atoms with Gasteiger partial charge < -0.3 is 5.32 Å². The maximum absolute atomic E-state index is 13.2. The fourth-order valence-corrected chi connectivity index (χ4v) is 4.57. The van der Waals surface area contributed by atoms with Crippen molar-refractivity contribution in [1.82, 2.24) is 4.90 Å². The van der Waals surface area contributed by atoms with Crippen LogP contribution in [0.4, 0.5) is 15.8 Å². The van der Waals surface area contributed by atoms with Gasteiger partial charge in [0.15, 0.2) is 5.17 Å². The standard InChI is InChI=1S/C25H21ClFN3O2S/c26-18-8-12-21(13-9-18)29-25-30(15-14-17-6-10-19(27)11-7-17)23(31)16-22(33-25)24(32)28-20-4-2-1-3-5-20/h1-13,22H,14-16H2,(H,28,32)/t22-/m1/s1. The number of amides is 2. The summed E-state index contributed by atoms with van der Waals surface area (Å²) in [7, 11) is 0. The average Bonchev–Trinajstić information content (AvgIpc) is 2.81. The molecule has 1 aliphatic heterocycles. The van der Waals surface area contributed by atoms with Crippen LogP contribution < -0.4 is 5.32 Å². The second-order valence-electron chi connectivity index (χ2n) is 7.46. The van der Waals surface area contributed by atoms with Gasteiger partial charge in [0.2, 0.25) is 11.8 Å². The van der Waals surface area contributed by atoms with E-state index in [2.05, 4.69) is 10.3 Å². The highest BCUT2D eigenvalue weighted by Gasteiger charge is 2.35. The predicted molar refractivity (Wildman–Crippen MR) is 131 cm³/mol. The van der Waals surface area contributed by atoms with Crippen LogP contribution in [-0.4, -0.2) is 33.7 Å². The monoisotopic (exact) mass is 481 g/mol. The van der Waals surface area contributed by atoms with E-state index in [1.807, 2.05) is 18.2 Å². The molecular weight excluding hydrogens is 461 g/mol. The van der Waals surface area contributed by atoms with E-state index < -0.39 is 5.25 Å². The Morgan fingerprint density at radius 3 is 2.45 bits per heavy atom. The summed E-state index contributed by atoms with van der Waals surface area (Å²) in [5, 5.41) is 3.29. The Morgan fingerprint density at radius 1 is 1.06 bits per heavy atom. The number of carbonyl (C=O) groups is 2. The number of carbonyl (C=O) groups excluding carboxylic acids is 2. The highest BCUT2D eigenvalue weighted by atomic mass is 35.5. The van der Waals surface area contributed by atoms with Gasteiger partial charge in [0.05, 0.1) is 5.69 Å². The first-order valence-electron chi connectivity index (χ1n) is 10.4. The molecule has 1 fully saturated rings. The molecule has 1 N–H and O–H groups in total. The summed E-state index contributed by atoms with van der Waals surface area (Å²) in [5.41, 5.74) is 2.21. The number of aliphatic imine (C=N–C) groups is 1. The van der Waals surface area contributed by atoms with Gasteiger partial charge in [-0.25, -0.2) is 9.38 Å². The Labute approximate surface area is 200 Å². The first kappa shape index (κ1) is 23.0. The van der Waals surface area contributed by atoms with Gasteiger partial charge in [0.1, 0.15) is 11.1 Å². The van der Waals surface area contributed by atoms with Crippen molar-refractivity contribution >= 4 is 51.7 Å². The molecule has 8 heteroatoms. The van der Waals surface area contributed by atoms with E-state index in [0.717, 1.165) is 5.56 Å². The number of benzene rings is 3. The van der Waals surface area contributed by atoms with Gasteiger partial charge in [-0.15, -0.1) is 0 Å². The van der Waals surface area contributed by atoms with Crippen LogP contribution in [0.3, 0.4) is 0 Å². The van der Waals surface area contributed by atoms with E-state index in [9.17, 15) is 14.0 Å². The second-order valence-corrected chi connectivity index (χ2v) is 9.06. The molecule has 1 heterocycles. The van der Waals surface area contributed by atoms with Crippen molar-refractivity contribution in [3.63, 3.8) is 0 Å². The number of nitrogens with one attached hydrogen (secondary N) is 1. The van der Waals surface area contributed by atoms with Crippen molar-refractivity contribution in [3.05, 3.63) is 95.3 Å². The lowest BCUT2D eigenvalue weighted by atomic mass is 10.1. The van der Waals surface area contributed by atoms with Gasteiger partial charge in [0, 0.05) is 23.7 Å². The minimum Gasteiger partial charge on any atom is -0.325 e. The molecule has 33 heavy (non-hydrogen) atoms. The largest absolute Gasteiger partial charge is 0.325 e. The van der Waals surface area contributed by atoms with Gasteiger partial charge in [-0.1, -0.05) is 53.7 Å². The molecule has 1 saturated heterocycles. The minimum atomic E-state index is -0.606. The van der Waals surface area contributed by atoms with Crippen molar-refractivity contribution in [2.45, 2.75) is 18.1 Å². The van der Waals surface area contributed by atoms with Crippen LogP contribution in [0, 0.1) is 5.82 Å². The number of para-hydroxylation sites is 1. The molecule has 168 valence electrons. The first-order chi connectivity index (χ1) is 16.0. The summed E-state index contributed by atoms with van der Waals surface area (Å²) in [4.78, 5) is 32.2. The van der Waals surface area contributed by atoms with E-state index in [4.69, 9.17) is 11.6 Å². The Balaban J connectivity index is 1.54. The maximum atomic E-state index is 13.2. The molecule has 4 rings (SSSR count). The van der Waals surface area contributed by atoms with E-state index >= 15 is 0 Å². The molecule has 3 aromatic rings. The quantitative estimate of drug-likeness (QED) is 0.492. The van der Waals surface area contributed by atoms with Crippen molar-refractivity contribution in [1.29, 1.82) is 0 Å². The molecule has 0 aliphatic carbocycles. The third kappa shape index (κ3) is 6.21. The van der Waals surface area contributed by atoms with Crippen LogP contribution in [0.2, 0.25) is 5.02 Å². The Hall–Kier alpha value is -3.16. The molecule has 5 nitrogen and oxygen atoms in total. The van der Waals surface area contributed by atoms with Crippen LogP contribution in [0.15, 0.2) is 83.9 Å². The predicted octanol–water partition coefficient (Wildman–Crippen LogP) is 5.68. The van der Waals surface area contributed by atoms with Gasteiger partial charge in [-0.05, 0) is 60.5 Å². The van der Waals surface area contributed by atoms with Crippen molar-refractivity contribution < 1.29 is 14.0 Å². The lowest BCUT2D eigenvalue weighted by Crippen LogP contribution is -2.46. The number of anilines is 1. The Kier molecular flexibility index (Phi) is 7.42. The van der Waals surface area contributed by atoms with Gasteiger partial charge in [-0.2, -0.15) is 0 Å². The van der Waals surface area contributed by atoms with Gasteiger partial charge in [0.25, 0.3) is 0 Å². The highest BCUT2D eigenvalue weighted by molar-refractivity contribution is 8.15. The van der Waals surface area contributed by atoms with Crippen LogP contribution in [0.5, 0.6) is 0 Å². The highest BCUT2D eigenvalue weighted by Crippen LogP contribution is 2.30. The molecular formula is C25H21ClFN3O2S. The topological polar surface area (TPSA) is 61.8 Å². The van der Waals surface area contributed by atoms with Crippen LogP contribution >= 0.6 is 23.4 Å². The fourth-order valence-electron chi connectivity index (χ4n) is 3.32. The SMILES string of the molecule is O=C(Nc1ccccc1)[C@H]1CC(=O)N(CCc2ccc(F)cc2)C(=Nc2ccc(Cl)cc2)S1. The summed E-state index contributed by atoms with van der Waals surface area (Å²) < 4.78 is 13.2. The smallest absolute Gasteiger partial charge is 0.238 e. The number of nitrogens with zero attached hydrogens (tertiary/aromatic N) is 2. The molecule has 0 bridgehead atoms. The molecule has 3 aromatic carbocycles. The second kappa shape index (κ2) is 10.6. The number of thioether (sulfide) groups is 1. The number of hydrogen-bond donors (Lipinski definition) is 1. The summed E-state index contributed by atoms with van der Waals surface area (Å²) in [6.07, 6.45) is 0.597. The third-order valence-corrected chi connectivity index (χ3v) is 6.50. The minimum absolute atomic E-state index is 0.0619. The molecule has 0 spiro atoms. The molecule has 1 aliphatic rings. The summed E-state index contributed by atoms with van der Waals surface area (Å²) in [6.45, 7) is 0.372. The zero-order chi connectivity index (χ0) is 23.2. The van der Waals surface area contributed by atoms with Crippen LogP contribution in [0.1, 0.15) is 12.0 Å². The number of hydrogen-bond acceptors (Lipinski definition) is 4. The van der Waals surface area contributed by atoms with E-state index in [1.165, 1.54) is 23.9 Å². The zero-order valence-electron chi connectivity index (χ0n) is 17.6. The zero-order valence-corrected chi connectivity index (χ0v) is 19.2. The molecule has 0 radical (unpaired) electrons. The van der Waals surface area contributed by atoms with Crippen molar-refractivity contribution in [2.24, 2.45) is 4.99 Å². The molecule has 0 saturated carbocycles. The normalized spacial score (nSPS) is 17.3. The first-order valence-corrected chi connectivity index (χ1v) is 11.7. The van der Waals surface area contributed by atoms with Crippen molar-refractivity contribution in [3.8, 4) is 0 Å². The molecule has 0 unspecified atom stereocenters. The Morgan fingerprint density at radius 2 is 1.76 bits per heavy atom. The number of amidine groups is 1. The average molecular weight is 482 g/mol. The van der Waals surface area contributed by atoms with Gasteiger partial charge >= 0.3 is 0 Å². The molecule has 1 atom stereocenters.